The number of nitrogens with zero attached hydrogens (tertiary/aromatic N) is 9. The van der Waals surface area contributed by atoms with Crippen LogP contribution in [-0.2, 0) is 49.3 Å². The Morgan fingerprint density at radius 3 is 1.94 bits per heavy atom. The van der Waals surface area contributed by atoms with E-state index in [1.54, 1.807) is 67.7 Å². The van der Waals surface area contributed by atoms with Crippen LogP contribution >= 0.6 is 6.72 Å². The lowest BCUT2D eigenvalue weighted by atomic mass is 9.80. The molecule has 2 aliphatic carbocycles. The largest absolute Gasteiger partial charge is 0.497 e. The molecule has 1 saturated carbocycles. The summed E-state index contributed by atoms with van der Waals surface area (Å²) in [5.74, 6) is 0.211. The summed E-state index contributed by atoms with van der Waals surface area (Å²) in [6.07, 6.45) is 2.09. The van der Waals surface area contributed by atoms with E-state index in [0.29, 0.717) is 41.3 Å². The molecule has 2 N–H and O–H groups in total. The maximum atomic E-state index is 13.9. The van der Waals surface area contributed by atoms with E-state index in [1.807, 2.05) is 108 Å². The number of rotatable bonds is 25. The topological polar surface area (TPSA) is 248 Å². The fourth-order valence-corrected chi connectivity index (χ4v) is 17.8. The van der Waals surface area contributed by atoms with Crippen LogP contribution < -0.4 is 14.8 Å². The minimum Gasteiger partial charge on any atom is -0.497 e. The Balaban J connectivity index is 0.938. The van der Waals surface area contributed by atoms with Gasteiger partial charge in [0.15, 0.2) is 39.8 Å². The molecule has 12 rings (SSSR count). The summed E-state index contributed by atoms with van der Waals surface area (Å²) >= 11 is 6.66. The minimum atomic E-state index is -4.13. The van der Waals surface area contributed by atoms with E-state index >= 15 is 0 Å². The van der Waals surface area contributed by atoms with E-state index in [2.05, 4.69) is 90.3 Å². The van der Waals surface area contributed by atoms with Crippen LogP contribution in [0.3, 0.4) is 0 Å². The quantitative estimate of drug-likeness (QED) is 0.0234. The smallest absolute Gasteiger partial charge is 0.327 e. The first-order valence-corrected chi connectivity index (χ1v) is 42.5. The highest BCUT2D eigenvalue weighted by molar-refractivity contribution is 8.07. The van der Waals surface area contributed by atoms with Crippen molar-refractivity contribution in [3.05, 3.63) is 203 Å². The van der Waals surface area contributed by atoms with E-state index < -0.39 is 83.6 Å². The standard InChI is InChI=1S/C75H89N10O12PSSi2/c1-73(2,3)100(9,10)96-65-60(84-43-51-29-30-52-44-85(80-42-59(82-84)62(51)52)71(88)50-25-18-14-19-26-50)41-53(64(65)86)45-93-98(99,92-40-22-39-76)95-67-66(97-101(11,12)74(4,5)6)61(94-72(67)83-48-79-63-68(77-47-78-69(63)83)81-70(87)49-23-16-13-17-24-49)46-91-75(54-27-20-15-21-28-54,55-31-35-57(89-7)36-32-55)56-33-37-58(90-8)38-34-56/h13-21,23-28,31-38,42-43,47-48,53,60-61,64-67,72,86H,22,29-30,40-41,44-46H2,1-12H3,(H,77,78,81,87)/t53-,60-,61-,64-,65+,66-,67-,72-,98?/m1/s1. The molecule has 101 heavy (non-hydrogen) atoms. The number of fused-ring (bicyclic) bond motifs is 1. The number of aliphatic hydroxyl groups is 1. The maximum Gasteiger partial charge on any atom is 0.327 e. The van der Waals surface area contributed by atoms with Crippen LogP contribution in [-0.4, -0.2) is 152 Å². The lowest BCUT2D eigenvalue weighted by Crippen LogP contribution is -2.51. The number of amides is 2. The van der Waals surface area contributed by atoms with E-state index in [0.717, 1.165) is 46.3 Å². The zero-order valence-electron chi connectivity index (χ0n) is 59.2. The summed E-state index contributed by atoms with van der Waals surface area (Å²) in [4.78, 5) is 41.8. The molecule has 2 amide bonds. The Kier molecular flexibility index (Phi) is 21.5. The van der Waals surface area contributed by atoms with Gasteiger partial charge in [-0.2, -0.15) is 15.5 Å². The molecule has 0 radical (unpaired) electrons. The predicted molar refractivity (Wildman–Crippen MR) is 395 cm³/mol. The number of carbonyl (C=O) groups excluding carboxylic acids is 2. The highest BCUT2D eigenvalue weighted by Gasteiger charge is 2.56. The monoisotopic (exact) mass is 1440 g/mol. The van der Waals surface area contributed by atoms with Crippen molar-refractivity contribution in [1.29, 1.82) is 5.26 Å². The Bertz CT molecular complexity index is 4310. The van der Waals surface area contributed by atoms with Crippen LogP contribution in [0.5, 0.6) is 11.5 Å². The number of imidazole rings is 1. The van der Waals surface area contributed by atoms with E-state index in [1.165, 1.54) is 11.3 Å². The normalized spacial score (nSPS) is 22.3. The molecule has 0 bridgehead atoms. The third-order valence-electron chi connectivity index (χ3n) is 20.6. The molecule has 7 aromatic rings. The molecule has 0 spiro atoms. The summed E-state index contributed by atoms with van der Waals surface area (Å²) < 4.78 is 64.4. The molecule has 530 valence electrons. The first-order valence-electron chi connectivity index (χ1n) is 34.1. The van der Waals surface area contributed by atoms with Crippen LogP contribution in [0.1, 0.15) is 111 Å². The van der Waals surface area contributed by atoms with Crippen LogP contribution in [0.4, 0.5) is 5.82 Å². The molecule has 1 unspecified atom stereocenters. The number of anilines is 1. The van der Waals surface area contributed by atoms with Gasteiger partial charge in [-0.3, -0.25) is 23.7 Å². The second-order valence-electron chi connectivity index (χ2n) is 29.0. The fourth-order valence-electron chi connectivity index (χ4n) is 13.0. The van der Waals surface area contributed by atoms with Crippen molar-refractivity contribution >= 4 is 75.9 Å². The van der Waals surface area contributed by atoms with Crippen molar-refractivity contribution in [1.82, 2.24) is 29.5 Å². The number of hydrogen-bond donors (Lipinski definition) is 2. The van der Waals surface area contributed by atoms with Crippen molar-refractivity contribution in [2.75, 3.05) is 45.9 Å². The predicted octanol–water partition coefficient (Wildman–Crippen LogP) is 13.9. The van der Waals surface area contributed by atoms with Gasteiger partial charge in [0.1, 0.15) is 47.5 Å². The molecule has 9 atom stereocenters. The average Bonchev–Trinajstić information content (AvgIpc) is 1.74. The van der Waals surface area contributed by atoms with Gasteiger partial charge >= 0.3 is 6.72 Å². The third kappa shape index (κ3) is 15.1. The number of benzene rings is 5. The van der Waals surface area contributed by atoms with Crippen LogP contribution in [0.25, 0.3) is 11.2 Å². The summed E-state index contributed by atoms with van der Waals surface area (Å²) in [6, 6.07) is 45.1. The number of hydrazone groups is 2. The molecule has 5 aliphatic rings. The van der Waals surface area contributed by atoms with Crippen molar-refractivity contribution in [3.63, 3.8) is 0 Å². The molecule has 2 aromatic heterocycles. The summed E-state index contributed by atoms with van der Waals surface area (Å²) in [7, 11) is -2.29. The van der Waals surface area contributed by atoms with Crippen LogP contribution in [0, 0.1) is 17.2 Å². The lowest BCUT2D eigenvalue weighted by molar-refractivity contribution is -0.0929. The molecule has 5 heterocycles. The number of nitrogens with one attached hydrogen (secondary N) is 1. The van der Waals surface area contributed by atoms with E-state index in [9.17, 15) is 20.0 Å². The zero-order chi connectivity index (χ0) is 71.7. The Hall–Kier alpha value is -7.94. The van der Waals surface area contributed by atoms with Gasteiger partial charge in [0.2, 0.25) is 0 Å². The lowest BCUT2D eigenvalue weighted by Gasteiger charge is -2.42. The molecular formula is C75H89N10O12PSSi2. The third-order valence-corrected chi connectivity index (χ3v) is 31.9. The Labute approximate surface area is 597 Å². The number of nitriles is 1. The SMILES string of the molecule is COc1ccc(C(OC[C@H]2O[C@@H](n3cnc4c(NC(=O)c5ccccc5)ncnc43)[C@H](OP(=S)(OCCC#N)OC[C@H]3C[C@@H](N4C=C5CCC6=C5C(=N4)C=NN(C(=O)c4ccccc4)C6)[C@H](O[Si](C)(C)C(C)(C)C)[C@@H]3O)[C@@H]2O[Si](C)(C)C(C)(C)C)(c2ccccc2)c2ccc(OC)cc2)cc1. The molecule has 1 saturated heterocycles. The Morgan fingerprint density at radius 1 is 0.743 bits per heavy atom. The maximum absolute atomic E-state index is 13.9. The first kappa shape index (κ1) is 72.8. The first-order chi connectivity index (χ1) is 48.2. The number of aromatic nitrogens is 4. The van der Waals surface area contributed by atoms with Gasteiger partial charge in [0, 0.05) is 28.8 Å². The van der Waals surface area contributed by atoms with Gasteiger partial charge in [0.25, 0.3) is 11.8 Å². The molecule has 3 aliphatic heterocycles. The summed E-state index contributed by atoms with van der Waals surface area (Å²) in [6.45, 7) is 17.3. The molecule has 26 heteroatoms. The van der Waals surface area contributed by atoms with Gasteiger partial charge in [-0.25, -0.2) is 20.0 Å². The van der Waals surface area contributed by atoms with Gasteiger partial charge < -0.3 is 47.3 Å². The van der Waals surface area contributed by atoms with Crippen molar-refractivity contribution < 1.29 is 56.1 Å². The van der Waals surface area contributed by atoms with Gasteiger partial charge in [-0.1, -0.05) is 133 Å². The number of methoxy groups -OCH3 is 2. The second kappa shape index (κ2) is 29.8. The number of carbonyl (C=O) groups is 2. The number of allylic oxidation sites excluding steroid dienone is 2. The average molecular weight is 1440 g/mol. The van der Waals surface area contributed by atoms with Crippen molar-refractivity contribution in [3.8, 4) is 17.6 Å². The van der Waals surface area contributed by atoms with Gasteiger partial charge in [-0.05, 0) is 144 Å². The highest BCUT2D eigenvalue weighted by Crippen LogP contribution is 2.57. The molecule has 5 aromatic carbocycles. The number of hydrogen-bond acceptors (Lipinski definition) is 20. The van der Waals surface area contributed by atoms with E-state index in [-0.39, 0.29) is 59.2 Å². The number of aliphatic hydroxyl groups excluding tert-OH is 1. The van der Waals surface area contributed by atoms with E-state index in [4.69, 9.17) is 73.3 Å². The Morgan fingerprint density at radius 2 is 1.34 bits per heavy atom. The summed E-state index contributed by atoms with van der Waals surface area (Å²) in [5, 5.41) is 38.8. The zero-order valence-corrected chi connectivity index (χ0v) is 62.9. The highest BCUT2D eigenvalue weighted by atomic mass is 32.5. The van der Waals surface area contributed by atoms with Crippen LogP contribution in [0.15, 0.2) is 185 Å². The van der Waals surface area contributed by atoms with Gasteiger partial charge in [-0.15, -0.1) is 0 Å². The molecule has 22 nitrogen and oxygen atoms in total. The minimum absolute atomic E-state index is 0.0605. The second-order valence-corrected chi connectivity index (χ2v) is 41.5. The van der Waals surface area contributed by atoms with Gasteiger partial charge in [0.05, 0.1) is 83.9 Å². The number of ether oxygens (including phenoxy) is 4. The summed E-state index contributed by atoms with van der Waals surface area (Å²) in [5.41, 5.74) is 6.28. The van der Waals surface area contributed by atoms with Crippen LogP contribution in [0.2, 0.25) is 36.3 Å². The van der Waals surface area contributed by atoms with Crippen molar-refractivity contribution in [2.24, 2.45) is 16.1 Å². The molecule has 2 fully saturated rings. The molecular weight excluding hydrogens is 1350 g/mol. The fraction of sp³-hybridized carbons (Fsp3) is 0.413. The van der Waals surface area contributed by atoms with Crippen molar-refractivity contribution in [2.45, 2.75) is 152 Å².